The molecule has 10 heteroatoms. The maximum absolute atomic E-state index is 11.7. The van der Waals surface area contributed by atoms with E-state index in [2.05, 4.69) is 30.2 Å². The van der Waals surface area contributed by atoms with Crippen molar-refractivity contribution in [3.63, 3.8) is 0 Å². The number of nitrogens with zero attached hydrogens (tertiary/aromatic N) is 1. The topological polar surface area (TPSA) is 130 Å². The first-order valence-corrected chi connectivity index (χ1v) is 17.4. The van der Waals surface area contributed by atoms with Crippen molar-refractivity contribution in [2.24, 2.45) is 17.0 Å². The molecule has 240 valence electrons. The molecule has 0 radical (unpaired) electrons. The number of carbonyl (C=O) groups is 1. The second kappa shape index (κ2) is 14.5. The van der Waals surface area contributed by atoms with Gasteiger partial charge in [0.2, 0.25) is 10.0 Å². The highest BCUT2D eigenvalue weighted by molar-refractivity contribution is 7.89. The summed E-state index contributed by atoms with van der Waals surface area (Å²) in [6.07, 6.45) is 9.77. The van der Waals surface area contributed by atoms with E-state index < -0.39 is 27.3 Å². The summed E-state index contributed by atoms with van der Waals surface area (Å²) in [5, 5.41) is 25.3. The lowest BCUT2D eigenvalue weighted by Gasteiger charge is -2.45. The number of hydrogen-bond acceptors (Lipinski definition) is 6. The van der Waals surface area contributed by atoms with Crippen molar-refractivity contribution >= 4 is 33.3 Å². The van der Waals surface area contributed by atoms with Gasteiger partial charge >= 0.3 is 5.97 Å². The third kappa shape index (κ3) is 7.68. The summed E-state index contributed by atoms with van der Waals surface area (Å²) in [6, 6.07) is 11.3. The smallest absolute Gasteiger partial charge is 0.335 e. The van der Waals surface area contributed by atoms with Gasteiger partial charge in [-0.2, -0.15) is 0 Å². The molecule has 1 spiro atoms. The van der Waals surface area contributed by atoms with E-state index in [1.807, 2.05) is 13.0 Å². The van der Waals surface area contributed by atoms with Gasteiger partial charge in [0.1, 0.15) is 5.75 Å². The molecule has 1 saturated carbocycles. The minimum absolute atomic E-state index is 0.186. The third-order valence-corrected chi connectivity index (χ3v) is 11.2. The highest BCUT2D eigenvalue weighted by Gasteiger charge is 2.44. The number of allylic oxidation sites excluding steroid dienone is 1. The number of primary sulfonamides is 1. The summed E-state index contributed by atoms with van der Waals surface area (Å²) >= 11 is 6.31. The molecule has 4 N–H and O–H groups in total. The van der Waals surface area contributed by atoms with E-state index in [9.17, 15) is 23.4 Å². The lowest BCUT2D eigenvalue weighted by atomic mass is 9.68. The first-order chi connectivity index (χ1) is 20.9. The normalized spacial score (nSPS) is 23.8. The van der Waals surface area contributed by atoms with Crippen molar-refractivity contribution in [2.75, 3.05) is 24.6 Å². The van der Waals surface area contributed by atoms with Crippen LogP contribution in [0.25, 0.3) is 0 Å². The largest absolute Gasteiger partial charge is 0.490 e. The number of ether oxygens (including phenoxy) is 1. The number of benzene rings is 2. The number of carboxylic acid groups (broad SMARTS) is 1. The molecule has 0 bridgehead atoms. The molecule has 3 aliphatic rings. The molecule has 1 heterocycles. The van der Waals surface area contributed by atoms with Crippen molar-refractivity contribution in [2.45, 2.75) is 75.1 Å². The van der Waals surface area contributed by atoms with E-state index in [0.717, 1.165) is 61.7 Å². The van der Waals surface area contributed by atoms with Gasteiger partial charge in [-0.25, -0.2) is 18.4 Å². The Bertz CT molecular complexity index is 1460. The average molecular weight is 645 g/mol. The molecule has 0 amide bonds. The standard InChI is InChI=1S/C27H30ClNO4.C7H15NO2S/c1-2-24(30)21-8-5-19(21)14-29-15-27(11-3-4-17-12-20(28)7-9-22(17)27)16-33-25-10-6-18(26(31)32)13-23(25)29;1-3-5-6-7(4-2)11(8,9)10/h2,6-7,9-10,12-13,19,21,24,30H,1,3-5,8,11,14-16H2,(H,31,32);3,7H,1,4-6H2,2H3,(H2,8,9,10)/t19-,21+,24-,27-;7-/m01/s1. The van der Waals surface area contributed by atoms with E-state index in [-0.39, 0.29) is 16.9 Å². The number of sulfonamides is 1. The minimum atomic E-state index is -3.33. The van der Waals surface area contributed by atoms with Crippen LogP contribution in [0.15, 0.2) is 61.7 Å². The molecular weight excluding hydrogens is 600 g/mol. The number of halogens is 1. The van der Waals surface area contributed by atoms with Crippen LogP contribution in [-0.2, 0) is 21.9 Å². The van der Waals surface area contributed by atoms with Gasteiger partial charge in [0.05, 0.1) is 29.2 Å². The third-order valence-electron chi connectivity index (χ3n) is 9.51. The SMILES string of the molecule is C=CCC[C@@H](CC)S(N)(=O)=O.C=C[C@H](O)[C@@H]1CC[C@H]1CN1C[C@@]2(CCCc3cc(Cl)ccc32)COc2ccc(C(=O)O)cc21. The van der Waals surface area contributed by atoms with Crippen molar-refractivity contribution < 1.29 is 28.2 Å². The number of aromatic carboxylic acids is 1. The molecule has 2 aromatic rings. The Kier molecular flexibility index (Phi) is 11.2. The van der Waals surface area contributed by atoms with Crippen LogP contribution in [0.3, 0.4) is 0 Å². The molecule has 1 aliphatic heterocycles. The van der Waals surface area contributed by atoms with Gasteiger partial charge in [-0.3, -0.25) is 0 Å². The number of rotatable bonds is 10. The summed E-state index contributed by atoms with van der Waals surface area (Å²) in [5.41, 5.74) is 3.44. The van der Waals surface area contributed by atoms with Crippen LogP contribution in [0.4, 0.5) is 5.69 Å². The van der Waals surface area contributed by atoms with Crippen molar-refractivity contribution in [3.8, 4) is 5.75 Å². The highest BCUT2D eigenvalue weighted by atomic mass is 35.5. The summed E-state index contributed by atoms with van der Waals surface area (Å²) in [7, 11) is -3.33. The van der Waals surface area contributed by atoms with E-state index in [0.29, 0.717) is 31.8 Å². The number of carboxylic acids is 1. The van der Waals surface area contributed by atoms with Gasteiger partial charge in [-0.15, -0.1) is 13.2 Å². The Labute approximate surface area is 266 Å². The molecule has 2 aromatic carbocycles. The fourth-order valence-corrected chi connectivity index (χ4v) is 8.00. The molecule has 8 nitrogen and oxygen atoms in total. The second-order valence-electron chi connectivity index (χ2n) is 12.3. The minimum Gasteiger partial charge on any atom is -0.490 e. The van der Waals surface area contributed by atoms with Crippen LogP contribution in [0.5, 0.6) is 5.75 Å². The van der Waals surface area contributed by atoms with Crippen LogP contribution in [-0.4, -0.2) is 55.7 Å². The Morgan fingerprint density at radius 3 is 2.64 bits per heavy atom. The van der Waals surface area contributed by atoms with Gasteiger partial charge in [-0.1, -0.05) is 36.7 Å². The number of aryl methyl sites for hydroxylation is 1. The second-order valence-corrected chi connectivity index (χ2v) is 14.6. The van der Waals surface area contributed by atoms with Crippen LogP contribution in [0, 0.1) is 11.8 Å². The average Bonchev–Trinajstić information content (AvgIpc) is 3.12. The Hall–Kier alpha value is -2.85. The van der Waals surface area contributed by atoms with Gasteiger partial charge in [-0.05, 0) is 105 Å². The predicted molar refractivity (Wildman–Crippen MR) is 176 cm³/mol. The Morgan fingerprint density at radius 2 is 2.02 bits per heavy atom. The van der Waals surface area contributed by atoms with Gasteiger partial charge in [0, 0.05) is 23.5 Å². The molecule has 5 atom stereocenters. The van der Waals surface area contributed by atoms with Crippen molar-refractivity contribution in [1.29, 1.82) is 0 Å². The number of nitrogens with two attached hydrogens (primary N) is 1. The quantitative estimate of drug-likeness (QED) is 0.266. The van der Waals surface area contributed by atoms with Crippen molar-refractivity contribution in [3.05, 3.63) is 83.4 Å². The maximum Gasteiger partial charge on any atom is 0.335 e. The van der Waals surface area contributed by atoms with E-state index in [4.69, 9.17) is 21.5 Å². The molecule has 0 aromatic heterocycles. The Morgan fingerprint density at radius 1 is 1.25 bits per heavy atom. The number of aliphatic hydroxyl groups excluding tert-OH is 1. The summed E-state index contributed by atoms with van der Waals surface area (Å²) < 4.78 is 28.0. The number of hydrogen-bond donors (Lipinski definition) is 3. The molecule has 0 unspecified atom stereocenters. The first kappa shape index (κ1) is 34.0. The van der Waals surface area contributed by atoms with Gasteiger partial charge in [0.25, 0.3) is 0 Å². The maximum atomic E-state index is 11.7. The van der Waals surface area contributed by atoms with E-state index in [1.54, 1.807) is 30.4 Å². The Balaban J connectivity index is 0.000000345. The van der Waals surface area contributed by atoms with Crippen LogP contribution >= 0.6 is 11.6 Å². The van der Waals surface area contributed by atoms with E-state index >= 15 is 0 Å². The molecule has 2 aliphatic carbocycles. The van der Waals surface area contributed by atoms with Crippen LogP contribution in [0.1, 0.15) is 73.4 Å². The number of fused-ring (bicyclic) bond motifs is 3. The van der Waals surface area contributed by atoms with E-state index in [1.165, 1.54) is 11.1 Å². The van der Waals surface area contributed by atoms with Gasteiger partial charge < -0.3 is 19.8 Å². The summed E-state index contributed by atoms with van der Waals surface area (Å²) in [4.78, 5) is 14.0. The lowest BCUT2D eigenvalue weighted by molar-refractivity contribution is 0.0460. The highest BCUT2D eigenvalue weighted by Crippen LogP contribution is 2.46. The summed E-state index contributed by atoms with van der Waals surface area (Å²) in [5.74, 6) is 0.282. The van der Waals surface area contributed by atoms with Crippen LogP contribution < -0.4 is 14.8 Å². The predicted octanol–water partition coefficient (Wildman–Crippen LogP) is 6.10. The number of aliphatic hydroxyl groups is 1. The molecular formula is C34H45ClN2O6S. The van der Waals surface area contributed by atoms with Gasteiger partial charge in [0.15, 0.2) is 0 Å². The summed E-state index contributed by atoms with van der Waals surface area (Å²) in [6.45, 7) is 11.1. The fourth-order valence-electron chi connectivity index (χ4n) is 6.88. The zero-order valence-corrected chi connectivity index (χ0v) is 27.0. The first-order valence-electron chi connectivity index (χ1n) is 15.4. The molecule has 44 heavy (non-hydrogen) atoms. The monoisotopic (exact) mass is 644 g/mol. The zero-order valence-electron chi connectivity index (χ0n) is 25.5. The molecule has 1 fully saturated rings. The lowest BCUT2D eigenvalue weighted by Crippen LogP contribution is -2.49. The van der Waals surface area contributed by atoms with Crippen molar-refractivity contribution in [1.82, 2.24) is 0 Å². The number of anilines is 1. The van der Waals surface area contributed by atoms with Crippen LogP contribution in [0.2, 0.25) is 5.02 Å². The zero-order chi connectivity index (χ0) is 32.1. The fraction of sp³-hybridized carbons (Fsp3) is 0.500. The molecule has 0 saturated heterocycles. The molecule has 5 rings (SSSR count).